The van der Waals surface area contributed by atoms with Gasteiger partial charge in [0.05, 0.1) is 10.8 Å². The Hall–Kier alpha value is -2.15. The molecule has 2 atom stereocenters. The van der Waals surface area contributed by atoms with Crippen molar-refractivity contribution in [3.05, 3.63) is 38.9 Å². The van der Waals surface area contributed by atoms with Gasteiger partial charge >= 0.3 is 5.97 Å². The highest BCUT2D eigenvalue weighted by molar-refractivity contribution is 6.31. The van der Waals surface area contributed by atoms with E-state index in [4.69, 9.17) is 11.6 Å². The van der Waals surface area contributed by atoms with Crippen LogP contribution in [0.3, 0.4) is 0 Å². The number of piperidine rings is 1. The Morgan fingerprint density at radius 1 is 1.45 bits per heavy atom. The third kappa shape index (κ3) is 3.04. The highest BCUT2D eigenvalue weighted by Gasteiger charge is 2.37. The summed E-state index contributed by atoms with van der Waals surface area (Å²) in [5.74, 6) is -2.17. The number of halogens is 1. The summed E-state index contributed by atoms with van der Waals surface area (Å²) in [4.78, 5) is 35.6. The number of likely N-dealkylation sites (tertiary alicyclic amines) is 1. The van der Waals surface area contributed by atoms with Gasteiger partial charge in [0.15, 0.2) is 0 Å². The van der Waals surface area contributed by atoms with Crippen molar-refractivity contribution in [3.8, 4) is 0 Å². The molecule has 0 unspecified atom stereocenters. The summed E-state index contributed by atoms with van der Waals surface area (Å²) in [5.41, 5.74) is -0.450. The summed E-state index contributed by atoms with van der Waals surface area (Å²) in [6, 6.07) is 3.32. The van der Waals surface area contributed by atoms with Crippen LogP contribution in [-0.4, -0.2) is 39.4 Å². The van der Waals surface area contributed by atoms with Crippen LogP contribution in [0.25, 0.3) is 0 Å². The molecule has 0 aromatic heterocycles. The number of benzene rings is 1. The zero-order chi connectivity index (χ0) is 16.4. The van der Waals surface area contributed by atoms with E-state index in [-0.39, 0.29) is 16.3 Å². The van der Waals surface area contributed by atoms with Gasteiger partial charge in [-0.05, 0) is 31.9 Å². The number of hydrogen-bond donors (Lipinski definition) is 1. The summed E-state index contributed by atoms with van der Waals surface area (Å²) >= 11 is 5.74. The second-order valence-corrected chi connectivity index (χ2v) is 5.68. The van der Waals surface area contributed by atoms with Gasteiger partial charge in [0.1, 0.15) is 5.56 Å². The van der Waals surface area contributed by atoms with Crippen LogP contribution < -0.4 is 0 Å². The fraction of sp³-hybridized carbons (Fsp3) is 0.429. The molecule has 1 saturated heterocycles. The van der Waals surface area contributed by atoms with Crippen molar-refractivity contribution in [1.82, 2.24) is 4.90 Å². The molecule has 1 aromatic carbocycles. The van der Waals surface area contributed by atoms with Crippen molar-refractivity contribution in [2.24, 2.45) is 5.92 Å². The lowest BCUT2D eigenvalue weighted by Crippen LogP contribution is -2.49. The minimum absolute atomic E-state index is 0.0766. The molecule has 1 amide bonds. The number of hydrogen-bond acceptors (Lipinski definition) is 4. The van der Waals surface area contributed by atoms with E-state index < -0.39 is 28.8 Å². The van der Waals surface area contributed by atoms with E-state index in [2.05, 4.69) is 0 Å². The Kier molecular flexibility index (Phi) is 4.65. The molecule has 2 rings (SSSR count). The third-order valence-electron chi connectivity index (χ3n) is 3.95. The smallest absolute Gasteiger partial charge is 0.308 e. The van der Waals surface area contributed by atoms with Crippen molar-refractivity contribution in [2.75, 3.05) is 6.54 Å². The number of carbonyl (C=O) groups is 2. The van der Waals surface area contributed by atoms with Gasteiger partial charge in [-0.15, -0.1) is 0 Å². The van der Waals surface area contributed by atoms with E-state index in [9.17, 15) is 24.8 Å². The summed E-state index contributed by atoms with van der Waals surface area (Å²) < 4.78 is 0. The average molecular weight is 327 g/mol. The highest BCUT2D eigenvalue weighted by atomic mass is 35.5. The number of nitrogens with zero attached hydrogens (tertiary/aromatic N) is 2. The molecular weight excluding hydrogens is 312 g/mol. The lowest BCUT2D eigenvalue weighted by molar-refractivity contribution is -0.385. The number of nitro benzene ring substituents is 1. The number of amides is 1. The van der Waals surface area contributed by atoms with Gasteiger partial charge in [-0.3, -0.25) is 19.7 Å². The van der Waals surface area contributed by atoms with Crippen LogP contribution in [0.4, 0.5) is 5.69 Å². The summed E-state index contributed by atoms with van der Waals surface area (Å²) in [6.07, 6.45) is 1.04. The van der Waals surface area contributed by atoms with E-state index in [0.717, 1.165) is 6.07 Å². The Balaban J connectivity index is 2.35. The molecule has 1 heterocycles. The maximum Gasteiger partial charge on any atom is 0.308 e. The van der Waals surface area contributed by atoms with E-state index in [1.54, 1.807) is 6.92 Å². The maximum absolute atomic E-state index is 12.6. The number of aliphatic carboxylic acids is 1. The second kappa shape index (κ2) is 6.31. The average Bonchev–Trinajstić information content (AvgIpc) is 2.46. The molecule has 1 aromatic rings. The molecule has 118 valence electrons. The Bertz CT molecular complexity index is 634. The first-order chi connectivity index (χ1) is 10.3. The van der Waals surface area contributed by atoms with Crippen molar-refractivity contribution in [2.45, 2.75) is 25.8 Å². The van der Waals surface area contributed by atoms with E-state index >= 15 is 0 Å². The minimum Gasteiger partial charge on any atom is -0.481 e. The number of nitro groups is 1. The van der Waals surface area contributed by atoms with Crippen LogP contribution in [0.2, 0.25) is 5.02 Å². The summed E-state index contributed by atoms with van der Waals surface area (Å²) in [6.45, 7) is 2.03. The Labute approximate surface area is 131 Å². The number of carboxylic acid groups (broad SMARTS) is 1. The fourth-order valence-electron chi connectivity index (χ4n) is 2.75. The van der Waals surface area contributed by atoms with Crippen LogP contribution >= 0.6 is 11.6 Å². The highest BCUT2D eigenvalue weighted by Crippen LogP contribution is 2.29. The predicted molar refractivity (Wildman–Crippen MR) is 79.0 cm³/mol. The van der Waals surface area contributed by atoms with Crippen LogP contribution in [0.1, 0.15) is 30.1 Å². The van der Waals surface area contributed by atoms with E-state index in [1.165, 1.54) is 17.0 Å². The van der Waals surface area contributed by atoms with Crippen molar-refractivity contribution in [3.63, 3.8) is 0 Å². The standard InChI is InChI=1S/C14H15ClN2O5/c1-8-10(14(19)20)3-2-6-16(8)13(18)11-5-4-9(15)7-12(11)17(21)22/h4-5,7-8,10H,2-3,6H2,1H3,(H,19,20)/t8-,10-/m1/s1. The topological polar surface area (TPSA) is 101 Å². The largest absolute Gasteiger partial charge is 0.481 e. The van der Waals surface area contributed by atoms with E-state index in [1.807, 2.05) is 0 Å². The molecule has 22 heavy (non-hydrogen) atoms. The van der Waals surface area contributed by atoms with Gasteiger partial charge in [0.25, 0.3) is 11.6 Å². The lowest BCUT2D eigenvalue weighted by Gasteiger charge is -2.37. The van der Waals surface area contributed by atoms with Crippen molar-refractivity contribution >= 4 is 29.2 Å². The van der Waals surface area contributed by atoms with Crippen LogP contribution in [0.5, 0.6) is 0 Å². The molecule has 1 N–H and O–H groups in total. The second-order valence-electron chi connectivity index (χ2n) is 5.24. The molecule has 0 saturated carbocycles. The lowest BCUT2D eigenvalue weighted by atomic mass is 9.89. The van der Waals surface area contributed by atoms with Gasteiger partial charge < -0.3 is 10.0 Å². The molecule has 7 nitrogen and oxygen atoms in total. The van der Waals surface area contributed by atoms with Gasteiger partial charge in [0.2, 0.25) is 0 Å². The van der Waals surface area contributed by atoms with Crippen LogP contribution in [0.15, 0.2) is 18.2 Å². The molecule has 0 bridgehead atoms. The molecular formula is C14H15ClN2O5. The quantitative estimate of drug-likeness (QED) is 0.679. The van der Waals surface area contributed by atoms with Gasteiger partial charge in [-0.25, -0.2) is 0 Å². The normalized spacial score (nSPS) is 21.5. The molecule has 8 heteroatoms. The maximum atomic E-state index is 12.6. The first kappa shape index (κ1) is 16.2. The Morgan fingerprint density at radius 2 is 2.14 bits per heavy atom. The van der Waals surface area contributed by atoms with Crippen LogP contribution in [-0.2, 0) is 4.79 Å². The fourth-order valence-corrected chi connectivity index (χ4v) is 2.92. The zero-order valence-electron chi connectivity index (χ0n) is 11.9. The van der Waals surface area contributed by atoms with Gasteiger partial charge in [-0.1, -0.05) is 11.6 Å². The van der Waals surface area contributed by atoms with Crippen molar-refractivity contribution < 1.29 is 19.6 Å². The molecule has 0 spiro atoms. The first-order valence-corrected chi connectivity index (χ1v) is 7.18. The molecule has 1 fully saturated rings. The predicted octanol–water partition coefficient (Wildman–Crippen LogP) is 2.57. The number of carbonyl (C=O) groups excluding carboxylic acids is 1. The number of rotatable bonds is 3. The molecule has 1 aliphatic heterocycles. The molecule has 1 aliphatic rings. The van der Waals surface area contributed by atoms with Crippen LogP contribution in [0, 0.1) is 16.0 Å². The SMILES string of the molecule is C[C@@H]1[C@H](C(=O)O)CCCN1C(=O)c1ccc(Cl)cc1[N+](=O)[O-]. The first-order valence-electron chi connectivity index (χ1n) is 6.80. The minimum atomic E-state index is -0.962. The van der Waals surface area contributed by atoms with Crippen molar-refractivity contribution in [1.29, 1.82) is 0 Å². The number of carboxylic acids is 1. The zero-order valence-corrected chi connectivity index (χ0v) is 12.6. The third-order valence-corrected chi connectivity index (χ3v) is 4.19. The Morgan fingerprint density at radius 3 is 2.73 bits per heavy atom. The van der Waals surface area contributed by atoms with E-state index in [0.29, 0.717) is 19.4 Å². The van der Waals surface area contributed by atoms with Gasteiger partial charge in [0, 0.05) is 23.7 Å². The van der Waals surface area contributed by atoms with Gasteiger partial charge in [-0.2, -0.15) is 0 Å². The molecule has 0 aliphatic carbocycles. The molecule has 0 radical (unpaired) electrons. The summed E-state index contributed by atoms with van der Waals surface area (Å²) in [7, 11) is 0. The monoisotopic (exact) mass is 326 g/mol. The summed E-state index contributed by atoms with van der Waals surface area (Å²) in [5, 5.41) is 20.5.